The van der Waals surface area contributed by atoms with Crippen molar-refractivity contribution in [2.24, 2.45) is 5.92 Å². The van der Waals surface area contributed by atoms with Crippen molar-refractivity contribution in [3.8, 4) is 0 Å². The highest BCUT2D eigenvalue weighted by atomic mass is 16.6. The van der Waals surface area contributed by atoms with Crippen LogP contribution in [0.3, 0.4) is 0 Å². The monoisotopic (exact) mass is 379 g/mol. The summed E-state index contributed by atoms with van der Waals surface area (Å²) in [6.07, 6.45) is 2.13. The maximum absolute atomic E-state index is 12.6. The number of hydrogen-bond acceptors (Lipinski definition) is 5. The first kappa shape index (κ1) is 18.0. The number of para-hydroxylation sites is 2. The zero-order valence-corrected chi connectivity index (χ0v) is 15.5. The fraction of sp³-hybridized carbons (Fsp3) is 0.300. The van der Waals surface area contributed by atoms with Crippen molar-refractivity contribution in [3.63, 3.8) is 0 Å². The lowest BCUT2D eigenvalue weighted by molar-refractivity contribution is -0.384. The van der Waals surface area contributed by atoms with Crippen molar-refractivity contribution in [1.29, 1.82) is 0 Å². The van der Waals surface area contributed by atoms with Gasteiger partial charge in [0.1, 0.15) is 5.69 Å². The van der Waals surface area contributed by atoms with Crippen LogP contribution in [0.4, 0.5) is 17.3 Å². The number of aromatic amines is 1. The molecule has 1 saturated heterocycles. The molecule has 1 amide bonds. The average molecular weight is 379 g/mol. The van der Waals surface area contributed by atoms with E-state index >= 15 is 0 Å². The highest BCUT2D eigenvalue weighted by molar-refractivity contribution is 6.04. The van der Waals surface area contributed by atoms with Crippen LogP contribution in [0.2, 0.25) is 0 Å². The van der Waals surface area contributed by atoms with E-state index < -0.39 is 10.8 Å². The third kappa shape index (κ3) is 3.53. The van der Waals surface area contributed by atoms with Gasteiger partial charge in [0.05, 0.1) is 16.0 Å². The van der Waals surface area contributed by atoms with Gasteiger partial charge in [-0.25, -0.2) is 4.98 Å². The predicted molar refractivity (Wildman–Crippen MR) is 108 cm³/mol. The lowest BCUT2D eigenvalue weighted by Gasteiger charge is -2.32. The van der Waals surface area contributed by atoms with Gasteiger partial charge in [-0.15, -0.1) is 0 Å². The first-order valence-corrected chi connectivity index (χ1v) is 9.31. The zero-order chi connectivity index (χ0) is 19.7. The summed E-state index contributed by atoms with van der Waals surface area (Å²) >= 11 is 0. The van der Waals surface area contributed by atoms with Crippen LogP contribution in [0.15, 0.2) is 42.5 Å². The smallest absolute Gasteiger partial charge is 0.293 e. The Bertz CT molecular complexity index is 1010. The molecule has 2 N–H and O–H groups in total. The lowest BCUT2D eigenvalue weighted by atomic mass is 9.99. The van der Waals surface area contributed by atoms with E-state index in [1.54, 1.807) is 12.1 Å². The highest BCUT2D eigenvalue weighted by Crippen LogP contribution is 2.32. The topological polar surface area (TPSA) is 104 Å². The minimum absolute atomic E-state index is 0.0497. The molecule has 0 bridgehead atoms. The summed E-state index contributed by atoms with van der Waals surface area (Å²) in [6.45, 7) is 3.72. The number of nitrogens with one attached hydrogen (secondary N) is 2. The van der Waals surface area contributed by atoms with Crippen LogP contribution in [0, 0.1) is 16.0 Å². The number of rotatable bonds is 4. The first-order chi connectivity index (χ1) is 13.5. The molecule has 1 aliphatic rings. The van der Waals surface area contributed by atoms with E-state index in [-0.39, 0.29) is 11.3 Å². The number of benzene rings is 2. The van der Waals surface area contributed by atoms with Crippen LogP contribution < -0.4 is 10.2 Å². The molecule has 28 heavy (non-hydrogen) atoms. The van der Waals surface area contributed by atoms with Gasteiger partial charge in [0, 0.05) is 24.7 Å². The molecule has 144 valence electrons. The summed E-state index contributed by atoms with van der Waals surface area (Å²) in [5.41, 5.74) is 2.28. The number of amides is 1. The molecule has 4 rings (SSSR count). The van der Waals surface area contributed by atoms with Gasteiger partial charge in [0.2, 0.25) is 5.95 Å². The van der Waals surface area contributed by atoms with E-state index in [2.05, 4.69) is 22.2 Å². The summed E-state index contributed by atoms with van der Waals surface area (Å²) in [4.78, 5) is 33.2. The second kappa shape index (κ2) is 7.30. The van der Waals surface area contributed by atoms with E-state index in [9.17, 15) is 14.9 Å². The van der Waals surface area contributed by atoms with Crippen molar-refractivity contribution in [1.82, 2.24) is 9.97 Å². The second-order valence-electron chi connectivity index (χ2n) is 7.21. The second-order valence-corrected chi connectivity index (χ2v) is 7.21. The number of anilines is 2. The molecule has 0 saturated carbocycles. The number of aromatic nitrogens is 2. The highest BCUT2D eigenvalue weighted by Gasteiger charge is 2.25. The van der Waals surface area contributed by atoms with Crippen molar-refractivity contribution in [2.45, 2.75) is 19.8 Å². The zero-order valence-electron chi connectivity index (χ0n) is 15.5. The molecule has 0 aliphatic carbocycles. The summed E-state index contributed by atoms with van der Waals surface area (Å²) < 4.78 is 0. The number of nitro benzene ring substituents is 1. The van der Waals surface area contributed by atoms with Crippen molar-refractivity contribution in [3.05, 3.63) is 58.1 Å². The third-order valence-corrected chi connectivity index (χ3v) is 5.05. The quantitative estimate of drug-likeness (QED) is 0.527. The molecule has 1 unspecified atom stereocenters. The van der Waals surface area contributed by atoms with E-state index in [4.69, 9.17) is 0 Å². The molecule has 1 aromatic heterocycles. The Balaban J connectivity index is 1.59. The minimum Gasteiger partial charge on any atom is -0.366 e. The Labute approximate surface area is 161 Å². The number of nitro groups is 1. The summed E-state index contributed by atoms with van der Waals surface area (Å²) in [5.74, 6) is 0.355. The molecule has 1 aliphatic heterocycles. The van der Waals surface area contributed by atoms with E-state index in [1.807, 2.05) is 29.2 Å². The van der Waals surface area contributed by atoms with Gasteiger partial charge in [-0.1, -0.05) is 19.1 Å². The molecule has 3 aromatic rings. The largest absolute Gasteiger partial charge is 0.366 e. The number of hydrogen-bond donors (Lipinski definition) is 2. The number of H-pyrrole nitrogens is 1. The normalized spacial score (nSPS) is 16.9. The molecule has 2 aromatic carbocycles. The van der Waals surface area contributed by atoms with E-state index in [0.717, 1.165) is 37.0 Å². The number of piperidine rings is 1. The van der Waals surface area contributed by atoms with E-state index in [0.29, 0.717) is 17.6 Å². The Kier molecular flexibility index (Phi) is 4.68. The first-order valence-electron chi connectivity index (χ1n) is 9.31. The van der Waals surface area contributed by atoms with Gasteiger partial charge in [-0.05, 0) is 43.0 Å². The van der Waals surface area contributed by atoms with Crippen molar-refractivity contribution in [2.75, 3.05) is 23.3 Å². The van der Waals surface area contributed by atoms with Gasteiger partial charge >= 0.3 is 0 Å². The standard InChI is InChI=1S/C20H21N5O3/c1-13-5-4-10-24(12-13)17-9-8-14(11-18(17)25(27)28)19(26)23-20-21-15-6-2-3-7-16(15)22-20/h2-3,6-9,11,13H,4-5,10,12H2,1H3,(H2,21,22,23,26). The third-order valence-electron chi connectivity index (χ3n) is 5.05. The van der Waals surface area contributed by atoms with Crippen LogP contribution >= 0.6 is 0 Å². The average Bonchev–Trinajstić information content (AvgIpc) is 3.09. The number of carbonyl (C=O) groups is 1. The molecular formula is C20H21N5O3. The summed E-state index contributed by atoms with van der Waals surface area (Å²) in [5, 5.41) is 14.3. The van der Waals surface area contributed by atoms with Crippen LogP contribution in [-0.4, -0.2) is 33.9 Å². The molecule has 0 radical (unpaired) electrons. The summed E-state index contributed by atoms with van der Waals surface area (Å²) in [7, 11) is 0. The molecule has 2 heterocycles. The number of imidazole rings is 1. The predicted octanol–water partition coefficient (Wildman–Crippen LogP) is 3.96. The fourth-order valence-electron chi connectivity index (χ4n) is 3.68. The van der Waals surface area contributed by atoms with Crippen LogP contribution in [-0.2, 0) is 0 Å². The Morgan fingerprint density at radius 3 is 2.89 bits per heavy atom. The molecule has 8 nitrogen and oxygen atoms in total. The van der Waals surface area contributed by atoms with Gasteiger partial charge in [-0.3, -0.25) is 20.2 Å². The SMILES string of the molecule is CC1CCCN(c2ccc(C(=O)Nc3nc4ccccc4[nH]3)cc2[N+](=O)[O-])C1. The minimum atomic E-state index is -0.444. The number of carbonyl (C=O) groups excluding carboxylic acids is 1. The van der Waals surface area contributed by atoms with Gasteiger partial charge < -0.3 is 9.88 Å². The van der Waals surface area contributed by atoms with Crippen molar-refractivity contribution < 1.29 is 9.72 Å². The lowest BCUT2D eigenvalue weighted by Crippen LogP contribution is -2.34. The van der Waals surface area contributed by atoms with Crippen LogP contribution in [0.5, 0.6) is 0 Å². The number of nitrogens with zero attached hydrogens (tertiary/aromatic N) is 3. The number of fused-ring (bicyclic) bond motifs is 1. The molecule has 8 heteroatoms. The van der Waals surface area contributed by atoms with Crippen LogP contribution in [0.25, 0.3) is 11.0 Å². The maximum Gasteiger partial charge on any atom is 0.293 e. The Morgan fingerprint density at radius 1 is 1.32 bits per heavy atom. The van der Waals surface area contributed by atoms with Crippen LogP contribution in [0.1, 0.15) is 30.1 Å². The molecule has 0 spiro atoms. The Morgan fingerprint density at radius 2 is 2.14 bits per heavy atom. The van der Waals surface area contributed by atoms with E-state index in [1.165, 1.54) is 6.07 Å². The molecule has 1 fully saturated rings. The van der Waals surface area contributed by atoms with Crippen molar-refractivity contribution >= 4 is 34.3 Å². The fourth-order valence-corrected chi connectivity index (χ4v) is 3.68. The maximum atomic E-state index is 12.6. The Hall–Kier alpha value is -3.42. The van der Waals surface area contributed by atoms with Gasteiger partial charge in [-0.2, -0.15) is 0 Å². The molecular weight excluding hydrogens is 358 g/mol. The summed E-state index contributed by atoms with van der Waals surface area (Å²) in [6, 6.07) is 12.1. The molecule has 1 atom stereocenters. The van der Waals surface area contributed by atoms with Gasteiger partial charge in [0.25, 0.3) is 11.6 Å². The van der Waals surface area contributed by atoms with Gasteiger partial charge in [0.15, 0.2) is 0 Å².